The van der Waals surface area contributed by atoms with Crippen molar-refractivity contribution >= 4 is 46.4 Å². The number of nitrogens with one attached hydrogen (secondary N) is 1. The van der Waals surface area contributed by atoms with Crippen molar-refractivity contribution in [2.75, 3.05) is 30.9 Å². The lowest BCUT2D eigenvalue weighted by atomic mass is 10.1. The molecular formula is C19H25N3O4S2. The Morgan fingerprint density at radius 1 is 1.32 bits per heavy atom. The number of ether oxygens (including phenoxy) is 1. The van der Waals surface area contributed by atoms with Crippen LogP contribution in [0, 0.1) is 5.92 Å². The number of aliphatic imine (C=N–C) groups is 1. The fraction of sp³-hybridized carbons (Fsp3) is 0.526. The molecule has 3 rings (SSSR count). The van der Waals surface area contributed by atoms with Gasteiger partial charge in [-0.2, -0.15) is 0 Å². The predicted molar refractivity (Wildman–Crippen MR) is 115 cm³/mol. The predicted octanol–water partition coefficient (Wildman–Crippen LogP) is 3.65. The fourth-order valence-electron chi connectivity index (χ4n) is 3.35. The number of amides is 2. The molecule has 28 heavy (non-hydrogen) atoms. The molecule has 1 aliphatic carbocycles. The van der Waals surface area contributed by atoms with Crippen LogP contribution in [0.25, 0.3) is 0 Å². The highest BCUT2D eigenvalue weighted by Gasteiger charge is 2.27. The normalized spacial score (nSPS) is 19.3. The number of carbonyl (C=O) groups is 2. The molecule has 1 aromatic rings. The lowest BCUT2D eigenvalue weighted by Gasteiger charge is -2.26. The molecule has 1 atom stereocenters. The molecule has 2 amide bonds. The van der Waals surface area contributed by atoms with E-state index in [0.717, 1.165) is 24.3 Å². The summed E-state index contributed by atoms with van der Waals surface area (Å²) in [6.07, 6.45) is 4.72. The molecule has 1 aliphatic heterocycles. The van der Waals surface area contributed by atoms with E-state index in [1.807, 2.05) is 24.3 Å². The van der Waals surface area contributed by atoms with Crippen molar-refractivity contribution in [3.8, 4) is 5.75 Å². The number of carbonyl (C=O) groups excluding carboxylic acids is 1. The van der Waals surface area contributed by atoms with Gasteiger partial charge in [0.05, 0.1) is 24.0 Å². The van der Waals surface area contributed by atoms with Gasteiger partial charge in [0.15, 0.2) is 5.17 Å². The number of rotatable bonds is 7. The zero-order chi connectivity index (χ0) is 19.9. The minimum absolute atomic E-state index is 0.0238. The summed E-state index contributed by atoms with van der Waals surface area (Å²) in [7, 11) is 1.62. The van der Waals surface area contributed by atoms with Gasteiger partial charge in [-0.3, -0.25) is 20.0 Å². The number of urea groups is 1. The first kappa shape index (κ1) is 20.9. The second-order valence-corrected chi connectivity index (χ2v) is 9.47. The van der Waals surface area contributed by atoms with Crippen LogP contribution in [0.1, 0.15) is 25.7 Å². The minimum atomic E-state index is -0.842. The van der Waals surface area contributed by atoms with Crippen LogP contribution in [0.2, 0.25) is 0 Å². The van der Waals surface area contributed by atoms with E-state index in [9.17, 15) is 9.59 Å². The zero-order valence-corrected chi connectivity index (χ0v) is 17.4. The Bertz CT molecular complexity index is 720. The van der Waals surface area contributed by atoms with Gasteiger partial charge in [-0.15, -0.1) is 11.8 Å². The Kier molecular flexibility index (Phi) is 7.50. The summed E-state index contributed by atoms with van der Waals surface area (Å²) in [5.74, 6) is 0.447. The van der Waals surface area contributed by atoms with E-state index in [4.69, 9.17) is 9.84 Å². The Balaban J connectivity index is 1.63. The molecular weight excluding hydrogens is 398 g/mol. The quantitative estimate of drug-likeness (QED) is 0.696. The molecule has 152 valence electrons. The highest BCUT2D eigenvalue weighted by molar-refractivity contribution is 8.25. The molecule has 0 saturated heterocycles. The monoisotopic (exact) mass is 423 g/mol. The number of benzene rings is 1. The first-order valence-electron chi connectivity index (χ1n) is 9.32. The van der Waals surface area contributed by atoms with E-state index in [1.54, 1.807) is 12.0 Å². The maximum atomic E-state index is 13.0. The molecule has 1 unspecified atom stereocenters. The van der Waals surface area contributed by atoms with Gasteiger partial charge in [0.1, 0.15) is 5.75 Å². The fourth-order valence-corrected chi connectivity index (χ4v) is 5.31. The second-order valence-electron chi connectivity index (χ2n) is 6.79. The maximum absolute atomic E-state index is 13.0. The molecule has 0 radical (unpaired) electrons. The van der Waals surface area contributed by atoms with Gasteiger partial charge in [-0.25, -0.2) is 4.79 Å². The lowest BCUT2D eigenvalue weighted by Crippen LogP contribution is -2.44. The van der Waals surface area contributed by atoms with Crippen molar-refractivity contribution in [1.82, 2.24) is 5.32 Å². The summed E-state index contributed by atoms with van der Waals surface area (Å²) in [4.78, 5) is 29.9. The number of thioether (sulfide) groups is 2. The third kappa shape index (κ3) is 5.81. The molecule has 1 aromatic carbocycles. The summed E-state index contributed by atoms with van der Waals surface area (Å²) in [6.45, 7) is 1.18. The van der Waals surface area contributed by atoms with Gasteiger partial charge in [0.2, 0.25) is 0 Å². The molecule has 9 heteroatoms. The lowest BCUT2D eigenvalue weighted by molar-refractivity contribution is -0.133. The van der Waals surface area contributed by atoms with E-state index >= 15 is 0 Å². The number of carboxylic acids is 1. The number of aliphatic carboxylic acids is 1. The van der Waals surface area contributed by atoms with Crippen molar-refractivity contribution in [1.29, 1.82) is 0 Å². The van der Waals surface area contributed by atoms with Crippen LogP contribution in [0.15, 0.2) is 29.3 Å². The van der Waals surface area contributed by atoms with Crippen molar-refractivity contribution in [2.24, 2.45) is 10.9 Å². The molecule has 1 heterocycles. The number of hydrogen-bond donors (Lipinski definition) is 2. The van der Waals surface area contributed by atoms with Crippen LogP contribution in [-0.2, 0) is 4.79 Å². The van der Waals surface area contributed by atoms with E-state index in [0.29, 0.717) is 24.2 Å². The van der Waals surface area contributed by atoms with Crippen molar-refractivity contribution in [3.63, 3.8) is 0 Å². The first-order chi connectivity index (χ1) is 13.5. The van der Waals surface area contributed by atoms with Crippen LogP contribution >= 0.6 is 23.5 Å². The molecule has 0 spiro atoms. The third-order valence-corrected chi connectivity index (χ3v) is 7.28. The molecule has 2 N–H and O–H groups in total. The molecule has 0 aromatic heterocycles. The van der Waals surface area contributed by atoms with Gasteiger partial charge in [0, 0.05) is 12.2 Å². The topological polar surface area (TPSA) is 91.2 Å². The summed E-state index contributed by atoms with van der Waals surface area (Å²) < 4.78 is 5.24. The highest BCUT2D eigenvalue weighted by Crippen LogP contribution is 2.31. The average molecular weight is 424 g/mol. The van der Waals surface area contributed by atoms with Crippen LogP contribution in [-0.4, -0.2) is 52.8 Å². The van der Waals surface area contributed by atoms with E-state index in [-0.39, 0.29) is 16.4 Å². The Hall–Kier alpha value is -1.87. The largest absolute Gasteiger partial charge is 0.497 e. The van der Waals surface area contributed by atoms with Crippen LogP contribution in [0.3, 0.4) is 0 Å². The summed E-state index contributed by atoms with van der Waals surface area (Å²) in [6, 6.07) is 7.28. The van der Waals surface area contributed by atoms with Gasteiger partial charge in [-0.05, 0) is 43.0 Å². The first-order valence-corrected chi connectivity index (χ1v) is 11.2. The second kappa shape index (κ2) is 10.1. The van der Waals surface area contributed by atoms with Gasteiger partial charge in [0.25, 0.3) is 0 Å². The van der Waals surface area contributed by atoms with Gasteiger partial charge in [-0.1, -0.05) is 24.6 Å². The number of methoxy groups -OCH3 is 1. The minimum Gasteiger partial charge on any atom is -0.497 e. The summed E-state index contributed by atoms with van der Waals surface area (Å²) in [5, 5.41) is 12.3. The van der Waals surface area contributed by atoms with Gasteiger partial charge < -0.3 is 9.84 Å². The Morgan fingerprint density at radius 3 is 2.68 bits per heavy atom. The number of hydrogen-bond acceptors (Lipinski definition) is 6. The molecule has 7 nitrogen and oxygen atoms in total. The number of anilines is 1. The summed E-state index contributed by atoms with van der Waals surface area (Å²) in [5.41, 5.74) is 0.825. The Labute approximate surface area is 173 Å². The molecule has 2 aliphatic rings. The number of amidine groups is 1. The highest BCUT2D eigenvalue weighted by atomic mass is 32.2. The van der Waals surface area contributed by atoms with Crippen molar-refractivity contribution in [3.05, 3.63) is 24.3 Å². The molecule has 0 bridgehead atoms. The third-order valence-electron chi connectivity index (χ3n) is 4.78. The van der Waals surface area contributed by atoms with E-state index in [2.05, 4.69) is 10.3 Å². The van der Waals surface area contributed by atoms with E-state index in [1.165, 1.54) is 36.4 Å². The number of carboxylic acid groups (broad SMARTS) is 1. The summed E-state index contributed by atoms with van der Waals surface area (Å²) >= 11 is 2.74. The van der Waals surface area contributed by atoms with Crippen molar-refractivity contribution < 1.29 is 19.4 Å². The maximum Gasteiger partial charge on any atom is 0.327 e. The van der Waals surface area contributed by atoms with Crippen molar-refractivity contribution in [2.45, 2.75) is 30.3 Å². The van der Waals surface area contributed by atoms with E-state index < -0.39 is 5.97 Å². The number of nitrogens with zero attached hydrogens (tertiary/aromatic N) is 2. The molecule has 1 fully saturated rings. The SMILES string of the molecule is COc1ccc(N(CC2CCCC2)C(=O)NC2=NCC(SCC(=O)O)S2)cc1. The van der Waals surface area contributed by atoms with Crippen LogP contribution < -0.4 is 15.0 Å². The average Bonchev–Trinajstić information content (AvgIpc) is 3.36. The Morgan fingerprint density at radius 2 is 2.04 bits per heavy atom. The van der Waals surface area contributed by atoms with Crippen LogP contribution in [0.4, 0.5) is 10.5 Å². The van der Waals surface area contributed by atoms with Crippen LogP contribution in [0.5, 0.6) is 5.75 Å². The standard InChI is InChI=1S/C19H25N3O4S2/c1-26-15-8-6-14(7-9-15)22(11-13-4-2-3-5-13)19(25)21-18-20-10-17(28-18)27-12-16(23)24/h6-9,13,17H,2-5,10-12H2,1H3,(H,23,24)(H,20,21,25). The van der Waals surface area contributed by atoms with Gasteiger partial charge >= 0.3 is 12.0 Å². The smallest absolute Gasteiger partial charge is 0.327 e. The molecule has 1 saturated carbocycles. The zero-order valence-electron chi connectivity index (χ0n) is 15.8.